The van der Waals surface area contributed by atoms with Crippen LogP contribution in [0.4, 0.5) is 0 Å². The van der Waals surface area contributed by atoms with E-state index >= 15 is 0 Å². The Balaban J connectivity index is 1.78. The molecule has 0 radical (unpaired) electrons. The number of ether oxygens (including phenoxy) is 2. The van der Waals surface area contributed by atoms with E-state index in [9.17, 15) is 5.11 Å². The topological polar surface area (TPSA) is 72.3 Å². The molecule has 0 spiro atoms. The molecule has 1 aliphatic heterocycles. The number of oxime groups is 1. The maximum Gasteiger partial charge on any atom is 0.170 e. The van der Waals surface area contributed by atoms with Gasteiger partial charge in [0.25, 0.3) is 0 Å². The van der Waals surface area contributed by atoms with Crippen LogP contribution in [0, 0.1) is 0 Å². The zero-order valence-electron chi connectivity index (χ0n) is 16.2. The number of hydrogen-bond acceptors (Lipinski definition) is 6. The summed E-state index contributed by atoms with van der Waals surface area (Å²) in [5.41, 5.74) is 3.16. The average Bonchev–Trinajstić information content (AvgIpc) is 2.70. The smallest absolute Gasteiger partial charge is 0.170 e. The Labute approximate surface area is 161 Å². The van der Waals surface area contributed by atoms with Crippen LogP contribution >= 0.6 is 0 Å². The first-order valence-corrected chi connectivity index (χ1v) is 9.75. The maximum absolute atomic E-state index is 10.1. The summed E-state index contributed by atoms with van der Waals surface area (Å²) in [5.74, 6) is 0.848. The van der Waals surface area contributed by atoms with Gasteiger partial charge in [-0.2, -0.15) is 0 Å². The number of para-hydroxylation sites is 1. The van der Waals surface area contributed by atoms with Gasteiger partial charge in [0.2, 0.25) is 0 Å². The lowest BCUT2D eigenvalue weighted by molar-refractivity contribution is -0.0752. The molecule has 6 heteroatoms. The van der Waals surface area contributed by atoms with Gasteiger partial charge in [0, 0.05) is 12.1 Å². The molecule has 1 heterocycles. The van der Waals surface area contributed by atoms with Crippen molar-refractivity contribution in [3.05, 3.63) is 35.4 Å². The van der Waals surface area contributed by atoms with Crippen LogP contribution in [0.5, 0.6) is 5.75 Å². The van der Waals surface area contributed by atoms with E-state index in [1.54, 1.807) is 14.0 Å². The molecule has 6 nitrogen and oxygen atoms in total. The summed E-state index contributed by atoms with van der Waals surface area (Å²) in [6.45, 7) is 3.69. The molecule has 1 unspecified atom stereocenters. The van der Waals surface area contributed by atoms with Gasteiger partial charge in [-0.15, -0.1) is 0 Å². The van der Waals surface area contributed by atoms with Crippen molar-refractivity contribution < 1.29 is 19.4 Å². The minimum atomic E-state index is -0.640. The fourth-order valence-electron chi connectivity index (χ4n) is 3.56. The molecule has 1 aliphatic carbocycles. The van der Waals surface area contributed by atoms with E-state index in [1.807, 2.05) is 24.3 Å². The molecule has 2 aliphatic rings. The SMILES string of the molecule is COc1ccccc1/C=C1\CCCC\C1=N/O[C@@H](C1COCCN1)[C@@H](C)O. The quantitative estimate of drug-likeness (QED) is 0.749. The zero-order valence-corrected chi connectivity index (χ0v) is 16.2. The van der Waals surface area contributed by atoms with E-state index in [2.05, 4.69) is 16.5 Å². The molecular weight excluding hydrogens is 344 g/mol. The second kappa shape index (κ2) is 9.88. The molecule has 3 atom stereocenters. The number of hydrogen-bond donors (Lipinski definition) is 2. The van der Waals surface area contributed by atoms with Crippen LogP contribution in [-0.4, -0.2) is 55.9 Å². The standard InChI is InChI=1S/C21H30N2O4/c1-15(24)21(19-14-26-12-11-22-19)27-23-18-9-5-3-7-16(18)13-17-8-4-6-10-20(17)25-2/h4,6,8,10,13,15,19,21-22,24H,3,5,7,9,11-12,14H2,1-2H3/b16-13+,23-18+/t15-,19?,21-/m1/s1. The van der Waals surface area contributed by atoms with E-state index < -0.39 is 12.2 Å². The molecule has 0 amide bonds. The number of aliphatic hydroxyl groups excluding tert-OH is 1. The highest BCUT2D eigenvalue weighted by Gasteiger charge is 2.30. The molecule has 1 aromatic rings. The summed E-state index contributed by atoms with van der Waals surface area (Å²) in [6.07, 6.45) is 5.13. The fraction of sp³-hybridized carbons (Fsp3) is 0.571. The van der Waals surface area contributed by atoms with Crippen LogP contribution < -0.4 is 10.1 Å². The number of morpholine rings is 1. The number of aliphatic hydroxyl groups is 1. The number of nitrogens with one attached hydrogen (secondary N) is 1. The molecule has 0 aromatic heterocycles. The third-order valence-corrected chi connectivity index (χ3v) is 5.06. The maximum atomic E-state index is 10.1. The van der Waals surface area contributed by atoms with E-state index in [-0.39, 0.29) is 6.04 Å². The number of benzene rings is 1. The highest BCUT2D eigenvalue weighted by atomic mass is 16.6. The number of nitrogens with zero attached hydrogens (tertiary/aromatic N) is 1. The zero-order chi connectivity index (χ0) is 19.1. The molecule has 2 N–H and O–H groups in total. The van der Waals surface area contributed by atoms with Gasteiger partial charge < -0.3 is 24.7 Å². The van der Waals surface area contributed by atoms with Gasteiger partial charge in [0.05, 0.1) is 38.2 Å². The van der Waals surface area contributed by atoms with Crippen LogP contribution in [0.1, 0.15) is 38.2 Å². The second-order valence-electron chi connectivity index (χ2n) is 7.10. The first-order chi connectivity index (χ1) is 13.2. The lowest BCUT2D eigenvalue weighted by Gasteiger charge is -2.31. The monoisotopic (exact) mass is 374 g/mol. The Morgan fingerprint density at radius 1 is 1.30 bits per heavy atom. The molecule has 27 heavy (non-hydrogen) atoms. The molecule has 1 saturated heterocycles. The minimum absolute atomic E-state index is 0.0617. The number of rotatable bonds is 6. The van der Waals surface area contributed by atoms with Crippen LogP contribution in [0.2, 0.25) is 0 Å². The summed E-state index contributed by atoms with van der Waals surface area (Å²) in [4.78, 5) is 5.83. The van der Waals surface area contributed by atoms with Crippen molar-refractivity contribution in [1.82, 2.24) is 5.32 Å². The minimum Gasteiger partial charge on any atom is -0.496 e. The summed E-state index contributed by atoms with van der Waals surface area (Å²) >= 11 is 0. The summed E-state index contributed by atoms with van der Waals surface area (Å²) < 4.78 is 11.0. The third-order valence-electron chi connectivity index (χ3n) is 5.06. The van der Waals surface area contributed by atoms with E-state index in [4.69, 9.17) is 14.3 Å². The molecule has 2 fully saturated rings. The highest BCUT2D eigenvalue weighted by Crippen LogP contribution is 2.27. The third kappa shape index (κ3) is 5.31. The van der Waals surface area contributed by atoms with E-state index in [0.717, 1.165) is 49.3 Å². The van der Waals surface area contributed by atoms with Gasteiger partial charge >= 0.3 is 0 Å². The van der Waals surface area contributed by atoms with Crippen LogP contribution in [0.25, 0.3) is 6.08 Å². The highest BCUT2D eigenvalue weighted by molar-refractivity contribution is 6.04. The Morgan fingerprint density at radius 2 is 2.11 bits per heavy atom. The van der Waals surface area contributed by atoms with Crippen LogP contribution in [0.15, 0.2) is 35.0 Å². The predicted molar refractivity (Wildman–Crippen MR) is 106 cm³/mol. The Bertz CT molecular complexity index is 666. The van der Waals surface area contributed by atoms with Crippen molar-refractivity contribution in [3.63, 3.8) is 0 Å². The van der Waals surface area contributed by atoms with Crippen molar-refractivity contribution in [2.75, 3.05) is 26.9 Å². The van der Waals surface area contributed by atoms with Gasteiger partial charge in [-0.1, -0.05) is 23.4 Å². The Morgan fingerprint density at radius 3 is 2.85 bits per heavy atom. The van der Waals surface area contributed by atoms with Gasteiger partial charge in [-0.3, -0.25) is 0 Å². The lowest BCUT2D eigenvalue weighted by Crippen LogP contribution is -2.52. The predicted octanol–water partition coefficient (Wildman–Crippen LogP) is 2.76. The number of allylic oxidation sites excluding steroid dienone is 1. The summed E-state index contributed by atoms with van der Waals surface area (Å²) in [5, 5.41) is 18.0. The van der Waals surface area contributed by atoms with E-state index in [1.165, 1.54) is 5.57 Å². The lowest BCUT2D eigenvalue weighted by atomic mass is 9.91. The van der Waals surface area contributed by atoms with Crippen molar-refractivity contribution in [2.24, 2.45) is 5.16 Å². The molecule has 3 rings (SSSR count). The van der Waals surface area contributed by atoms with Crippen molar-refractivity contribution in [1.29, 1.82) is 0 Å². The van der Waals surface area contributed by atoms with Gasteiger partial charge in [0.15, 0.2) is 6.10 Å². The molecule has 1 aromatic carbocycles. The van der Waals surface area contributed by atoms with Crippen molar-refractivity contribution in [2.45, 2.75) is 50.9 Å². The first-order valence-electron chi connectivity index (χ1n) is 9.75. The van der Waals surface area contributed by atoms with Crippen LogP contribution in [0.3, 0.4) is 0 Å². The van der Waals surface area contributed by atoms with Gasteiger partial charge in [-0.25, -0.2) is 0 Å². The van der Waals surface area contributed by atoms with Crippen LogP contribution in [-0.2, 0) is 9.57 Å². The Hall–Kier alpha value is -1.89. The molecule has 0 bridgehead atoms. The first kappa shape index (κ1) is 19.9. The molecule has 1 saturated carbocycles. The summed E-state index contributed by atoms with van der Waals surface area (Å²) in [7, 11) is 1.68. The Kier molecular flexibility index (Phi) is 7.26. The molecular formula is C21H30N2O4. The summed E-state index contributed by atoms with van der Waals surface area (Å²) in [6, 6.07) is 7.91. The van der Waals surface area contributed by atoms with E-state index in [0.29, 0.717) is 13.2 Å². The average molecular weight is 374 g/mol. The number of methoxy groups -OCH3 is 1. The molecule has 148 valence electrons. The van der Waals surface area contributed by atoms with Gasteiger partial charge in [0.1, 0.15) is 5.75 Å². The normalized spacial score (nSPS) is 26.0. The van der Waals surface area contributed by atoms with Crippen molar-refractivity contribution >= 4 is 11.8 Å². The fourth-order valence-corrected chi connectivity index (χ4v) is 3.56. The van der Waals surface area contributed by atoms with Crippen molar-refractivity contribution in [3.8, 4) is 5.75 Å². The van der Waals surface area contributed by atoms with Gasteiger partial charge in [-0.05, 0) is 50.3 Å². The second-order valence-corrected chi connectivity index (χ2v) is 7.10. The largest absolute Gasteiger partial charge is 0.496 e.